The number of ether oxygens (including phenoxy) is 1. The van der Waals surface area contributed by atoms with E-state index in [9.17, 15) is 19.2 Å². The maximum atomic E-state index is 11.8. The fourth-order valence-corrected chi connectivity index (χ4v) is 2.88. The van der Waals surface area contributed by atoms with Gasteiger partial charge in [0.1, 0.15) is 6.17 Å². The Morgan fingerprint density at radius 2 is 1.62 bits per heavy atom. The second-order valence-corrected chi connectivity index (χ2v) is 5.94. The number of rotatable bonds is 6. The van der Waals surface area contributed by atoms with Crippen molar-refractivity contribution in [3.63, 3.8) is 0 Å². The zero-order chi connectivity index (χ0) is 17.7. The average Bonchev–Trinajstić information content (AvgIpc) is 3.13. The van der Waals surface area contributed by atoms with Gasteiger partial charge in [0.25, 0.3) is 0 Å². The minimum Gasteiger partial charge on any atom is -0.439 e. The molecular weight excluding hydrogens is 314 g/mol. The molecule has 1 N–H and O–H groups in total. The van der Waals surface area contributed by atoms with Gasteiger partial charge in [0.15, 0.2) is 6.23 Å². The largest absolute Gasteiger partial charge is 0.439 e. The van der Waals surface area contributed by atoms with E-state index >= 15 is 0 Å². The van der Waals surface area contributed by atoms with Gasteiger partial charge in [-0.2, -0.15) is 0 Å². The van der Waals surface area contributed by atoms with Crippen molar-refractivity contribution in [3.8, 4) is 0 Å². The molecule has 2 fully saturated rings. The van der Waals surface area contributed by atoms with Crippen molar-refractivity contribution in [2.45, 2.75) is 51.9 Å². The normalized spacial score (nSPS) is 20.6. The number of hydrogen-bond acceptors (Lipinski definition) is 5. The molecule has 24 heavy (non-hydrogen) atoms. The predicted octanol–water partition coefficient (Wildman–Crippen LogP) is 0.139. The van der Waals surface area contributed by atoms with Crippen LogP contribution in [0.1, 0.15) is 39.5 Å². The molecule has 2 atom stereocenters. The monoisotopic (exact) mass is 337 g/mol. The minimum absolute atomic E-state index is 0.00953. The summed E-state index contributed by atoms with van der Waals surface area (Å²) in [6, 6.07) is 0. The van der Waals surface area contributed by atoms with Crippen molar-refractivity contribution < 1.29 is 23.9 Å². The summed E-state index contributed by atoms with van der Waals surface area (Å²) in [6.07, 6.45) is 3.52. The highest BCUT2D eigenvalue weighted by molar-refractivity contribution is 5.95. The van der Waals surface area contributed by atoms with E-state index in [1.807, 2.05) is 0 Å². The molecule has 0 radical (unpaired) electrons. The zero-order valence-corrected chi connectivity index (χ0v) is 14.0. The molecule has 0 spiro atoms. The number of likely N-dealkylation sites (tertiary alicyclic amines) is 2. The Balaban J connectivity index is 1.77. The van der Waals surface area contributed by atoms with Gasteiger partial charge in [0.2, 0.25) is 17.7 Å². The molecular formula is C16H23N3O5. The molecule has 2 rings (SSSR count). The molecule has 132 valence electrons. The van der Waals surface area contributed by atoms with E-state index in [1.54, 1.807) is 18.7 Å². The Hall–Kier alpha value is -2.38. The lowest BCUT2D eigenvalue weighted by atomic mass is 10.4. The van der Waals surface area contributed by atoms with Gasteiger partial charge in [-0.3, -0.25) is 14.4 Å². The van der Waals surface area contributed by atoms with Crippen LogP contribution in [0.4, 0.5) is 0 Å². The summed E-state index contributed by atoms with van der Waals surface area (Å²) >= 11 is 0. The van der Waals surface area contributed by atoms with Crippen LogP contribution in [0.25, 0.3) is 0 Å². The number of nitrogens with one attached hydrogen (secondary N) is 1. The number of hydrogen-bond donors (Lipinski definition) is 1. The van der Waals surface area contributed by atoms with Crippen LogP contribution in [0.2, 0.25) is 0 Å². The van der Waals surface area contributed by atoms with Crippen molar-refractivity contribution >= 4 is 23.7 Å². The van der Waals surface area contributed by atoms with Gasteiger partial charge >= 0.3 is 5.97 Å². The van der Waals surface area contributed by atoms with Gasteiger partial charge in [-0.1, -0.05) is 0 Å². The Bertz CT molecular complexity index is 512. The Kier molecular flexibility index (Phi) is 5.94. The molecule has 2 aliphatic rings. The van der Waals surface area contributed by atoms with Crippen LogP contribution in [-0.4, -0.2) is 59.0 Å². The Morgan fingerprint density at radius 1 is 1.04 bits per heavy atom. The molecule has 2 saturated heterocycles. The van der Waals surface area contributed by atoms with Crippen LogP contribution >= 0.6 is 0 Å². The molecule has 2 aliphatic heterocycles. The van der Waals surface area contributed by atoms with Crippen LogP contribution in [0.15, 0.2) is 12.2 Å². The number of amides is 3. The molecule has 0 bridgehead atoms. The zero-order valence-electron chi connectivity index (χ0n) is 14.0. The number of carbonyl (C=O) groups is 4. The maximum absolute atomic E-state index is 11.8. The first-order valence-electron chi connectivity index (χ1n) is 8.16. The number of esters is 1. The average molecular weight is 337 g/mol. The quantitative estimate of drug-likeness (QED) is 0.549. The van der Waals surface area contributed by atoms with E-state index in [0.717, 1.165) is 25.0 Å². The second kappa shape index (κ2) is 7.94. The van der Waals surface area contributed by atoms with Crippen LogP contribution in [0, 0.1) is 0 Å². The van der Waals surface area contributed by atoms with Crippen LogP contribution in [0.3, 0.4) is 0 Å². The lowest BCUT2D eigenvalue weighted by Gasteiger charge is -2.24. The smallest absolute Gasteiger partial charge is 0.332 e. The lowest BCUT2D eigenvalue weighted by Crippen LogP contribution is -2.46. The summed E-state index contributed by atoms with van der Waals surface area (Å²) in [7, 11) is 0. The van der Waals surface area contributed by atoms with E-state index in [1.165, 1.54) is 4.90 Å². The van der Waals surface area contributed by atoms with Crippen molar-refractivity contribution in [3.05, 3.63) is 12.2 Å². The van der Waals surface area contributed by atoms with Gasteiger partial charge in [0, 0.05) is 38.1 Å². The minimum atomic E-state index is -0.692. The van der Waals surface area contributed by atoms with E-state index in [4.69, 9.17) is 4.74 Å². The fraction of sp³-hybridized carbons (Fsp3) is 0.625. The number of nitrogens with zero attached hydrogens (tertiary/aromatic N) is 2. The standard InChI is InChI=1S/C16H23N3O5/c1-11(18-9-3-5-14(18)21)17-13(20)7-8-16(23)24-12(2)19-10-4-6-15(19)22/h7-8,11-12H,3-6,9-10H2,1-2H3,(H,17,20). The van der Waals surface area contributed by atoms with Gasteiger partial charge in [-0.25, -0.2) is 4.79 Å². The summed E-state index contributed by atoms with van der Waals surface area (Å²) in [4.78, 5) is 49.8. The molecule has 0 aromatic rings. The summed E-state index contributed by atoms with van der Waals surface area (Å²) in [5.41, 5.74) is 0. The van der Waals surface area contributed by atoms with E-state index < -0.39 is 24.3 Å². The van der Waals surface area contributed by atoms with Crippen molar-refractivity contribution in [1.82, 2.24) is 15.1 Å². The number of carbonyl (C=O) groups excluding carboxylic acids is 4. The molecule has 0 aromatic heterocycles. The van der Waals surface area contributed by atoms with Gasteiger partial charge in [-0.05, 0) is 26.7 Å². The summed E-state index contributed by atoms with van der Waals surface area (Å²) in [6.45, 7) is 4.52. The van der Waals surface area contributed by atoms with Crippen molar-refractivity contribution in [2.24, 2.45) is 0 Å². The topological polar surface area (TPSA) is 96.0 Å². The molecule has 2 heterocycles. The van der Waals surface area contributed by atoms with E-state index in [0.29, 0.717) is 25.9 Å². The van der Waals surface area contributed by atoms with Gasteiger partial charge in [0.05, 0.1) is 0 Å². The van der Waals surface area contributed by atoms with Gasteiger partial charge < -0.3 is 19.9 Å². The highest BCUT2D eigenvalue weighted by Gasteiger charge is 2.27. The third-order valence-corrected chi connectivity index (χ3v) is 4.14. The third-order valence-electron chi connectivity index (χ3n) is 4.14. The third kappa shape index (κ3) is 4.56. The molecule has 2 unspecified atom stereocenters. The van der Waals surface area contributed by atoms with Crippen LogP contribution in [0.5, 0.6) is 0 Å². The Labute approximate surface area is 140 Å². The van der Waals surface area contributed by atoms with Crippen LogP contribution in [-0.2, 0) is 23.9 Å². The molecule has 3 amide bonds. The molecule has 8 heteroatoms. The van der Waals surface area contributed by atoms with Crippen molar-refractivity contribution in [2.75, 3.05) is 13.1 Å². The second-order valence-electron chi connectivity index (χ2n) is 5.94. The van der Waals surface area contributed by atoms with E-state index in [-0.39, 0.29) is 11.8 Å². The first kappa shape index (κ1) is 18.0. The summed E-state index contributed by atoms with van der Waals surface area (Å²) < 4.78 is 5.11. The predicted molar refractivity (Wildman–Crippen MR) is 84.2 cm³/mol. The van der Waals surface area contributed by atoms with Crippen LogP contribution < -0.4 is 5.32 Å². The van der Waals surface area contributed by atoms with Gasteiger partial charge in [-0.15, -0.1) is 0 Å². The fourth-order valence-electron chi connectivity index (χ4n) is 2.88. The molecule has 0 saturated carbocycles. The molecule has 8 nitrogen and oxygen atoms in total. The highest BCUT2D eigenvalue weighted by atomic mass is 16.6. The molecule has 0 aromatic carbocycles. The summed E-state index contributed by atoms with van der Waals surface area (Å²) in [5, 5.41) is 2.63. The maximum Gasteiger partial charge on any atom is 0.332 e. The first-order valence-corrected chi connectivity index (χ1v) is 8.16. The summed E-state index contributed by atoms with van der Waals surface area (Å²) in [5.74, 6) is -1.21. The Morgan fingerprint density at radius 3 is 2.17 bits per heavy atom. The van der Waals surface area contributed by atoms with Crippen molar-refractivity contribution in [1.29, 1.82) is 0 Å². The molecule has 0 aliphatic carbocycles. The lowest BCUT2D eigenvalue weighted by molar-refractivity contribution is -0.156. The first-order chi connectivity index (χ1) is 11.4. The SMILES string of the molecule is CC(NC(=O)C=CC(=O)OC(C)N1CCCC1=O)N1CCCC1=O. The van der Waals surface area contributed by atoms with E-state index in [2.05, 4.69) is 5.32 Å². The highest BCUT2D eigenvalue weighted by Crippen LogP contribution is 2.14.